The summed E-state index contributed by atoms with van der Waals surface area (Å²) in [6.07, 6.45) is 1.13. The molecule has 0 aliphatic rings. The molecule has 1 amide bonds. The van der Waals surface area contributed by atoms with Crippen LogP contribution >= 0.6 is 0 Å². The van der Waals surface area contributed by atoms with Crippen LogP contribution in [0.25, 0.3) is 11.4 Å². The van der Waals surface area contributed by atoms with Gasteiger partial charge in [0.05, 0.1) is 12.6 Å². The lowest BCUT2D eigenvalue weighted by Gasteiger charge is -2.32. The van der Waals surface area contributed by atoms with Crippen LogP contribution in [-0.4, -0.2) is 38.1 Å². The number of carbonyl (C=O) groups is 1. The van der Waals surface area contributed by atoms with Crippen LogP contribution in [0.1, 0.15) is 38.3 Å². The lowest BCUT2D eigenvalue weighted by atomic mass is 9.94. The van der Waals surface area contributed by atoms with Gasteiger partial charge in [0.1, 0.15) is 0 Å². The van der Waals surface area contributed by atoms with E-state index in [0.717, 1.165) is 5.56 Å². The third kappa shape index (κ3) is 4.82. The van der Waals surface area contributed by atoms with Gasteiger partial charge in [-0.1, -0.05) is 74.5 Å². The second-order valence-corrected chi connectivity index (χ2v) is 7.28. The number of carbonyl (C=O) groups excluding carboxylic acids is 1. The molecule has 0 fully saturated rings. The zero-order chi connectivity index (χ0) is 19.9. The molecule has 0 saturated carbocycles. The summed E-state index contributed by atoms with van der Waals surface area (Å²) in [5.41, 5.74) is 2.10. The SMILES string of the molecule is CC(C)C(c1ccccc1)N(C)C(=O)CCCn1nnc(-c2ccccc2)n1. The predicted octanol–water partition coefficient (Wildman–Crippen LogP) is 3.98. The highest BCUT2D eigenvalue weighted by molar-refractivity contribution is 5.76. The van der Waals surface area contributed by atoms with Crippen LogP contribution in [0.15, 0.2) is 60.7 Å². The molecule has 1 aromatic heterocycles. The Morgan fingerprint density at radius 3 is 2.32 bits per heavy atom. The first-order valence-electron chi connectivity index (χ1n) is 9.70. The number of amides is 1. The minimum atomic E-state index is 0.0721. The van der Waals surface area contributed by atoms with Crippen molar-refractivity contribution in [2.75, 3.05) is 7.05 Å². The van der Waals surface area contributed by atoms with E-state index >= 15 is 0 Å². The van der Waals surface area contributed by atoms with Gasteiger partial charge < -0.3 is 4.90 Å². The van der Waals surface area contributed by atoms with Crippen LogP contribution in [0, 0.1) is 5.92 Å². The second-order valence-electron chi connectivity index (χ2n) is 7.28. The molecule has 0 saturated heterocycles. The van der Waals surface area contributed by atoms with E-state index in [-0.39, 0.29) is 11.9 Å². The zero-order valence-electron chi connectivity index (χ0n) is 16.7. The zero-order valence-corrected chi connectivity index (χ0v) is 16.7. The molecule has 3 rings (SSSR count). The maximum Gasteiger partial charge on any atom is 0.222 e. The van der Waals surface area contributed by atoms with Crippen molar-refractivity contribution in [3.8, 4) is 11.4 Å². The molecule has 0 bridgehead atoms. The summed E-state index contributed by atoms with van der Waals surface area (Å²) >= 11 is 0. The highest BCUT2D eigenvalue weighted by Crippen LogP contribution is 2.28. The molecule has 0 N–H and O–H groups in total. The van der Waals surface area contributed by atoms with E-state index in [0.29, 0.717) is 31.1 Å². The normalized spacial score (nSPS) is 12.1. The Balaban J connectivity index is 1.56. The first-order chi connectivity index (χ1) is 13.6. The maximum atomic E-state index is 12.7. The molecule has 0 aliphatic carbocycles. The molecule has 2 aromatic carbocycles. The summed E-state index contributed by atoms with van der Waals surface area (Å²) in [6.45, 7) is 4.86. The van der Waals surface area contributed by atoms with Gasteiger partial charge in [-0.2, -0.15) is 4.80 Å². The molecule has 1 unspecified atom stereocenters. The Labute approximate surface area is 166 Å². The lowest BCUT2D eigenvalue weighted by Crippen LogP contribution is -2.34. The maximum absolute atomic E-state index is 12.7. The minimum absolute atomic E-state index is 0.0721. The Morgan fingerprint density at radius 1 is 1.04 bits per heavy atom. The van der Waals surface area contributed by atoms with Crippen molar-refractivity contribution in [3.63, 3.8) is 0 Å². The summed E-state index contributed by atoms with van der Waals surface area (Å²) in [6, 6.07) is 20.0. The molecular formula is C22H27N5O. The molecule has 1 atom stereocenters. The first-order valence-corrected chi connectivity index (χ1v) is 9.70. The third-order valence-corrected chi connectivity index (χ3v) is 4.82. The molecular weight excluding hydrogens is 350 g/mol. The van der Waals surface area contributed by atoms with E-state index in [1.165, 1.54) is 5.56 Å². The van der Waals surface area contributed by atoms with Crippen LogP contribution in [0.4, 0.5) is 0 Å². The quantitative estimate of drug-likeness (QED) is 0.596. The summed E-state index contributed by atoms with van der Waals surface area (Å²) in [7, 11) is 1.89. The molecule has 0 radical (unpaired) electrons. The molecule has 1 heterocycles. The molecule has 6 nitrogen and oxygen atoms in total. The van der Waals surface area contributed by atoms with E-state index in [9.17, 15) is 4.79 Å². The monoisotopic (exact) mass is 377 g/mol. The number of aryl methyl sites for hydroxylation is 1. The van der Waals surface area contributed by atoms with Gasteiger partial charge in [0.2, 0.25) is 11.7 Å². The number of hydrogen-bond acceptors (Lipinski definition) is 4. The predicted molar refractivity (Wildman–Crippen MR) is 109 cm³/mol. The Bertz CT molecular complexity index is 876. The van der Waals surface area contributed by atoms with Gasteiger partial charge in [0, 0.05) is 19.0 Å². The van der Waals surface area contributed by atoms with Crippen molar-refractivity contribution in [2.24, 2.45) is 5.92 Å². The first kappa shape index (κ1) is 19.7. The number of hydrogen-bond donors (Lipinski definition) is 0. The fourth-order valence-electron chi connectivity index (χ4n) is 3.45. The van der Waals surface area contributed by atoms with Gasteiger partial charge in [-0.3, -0.25) is 4.79 Å². The molecule has 146 valence electrons. The molecule has 0 spiro atoms. The molecule has 6 heteroatoms. The van der Waals surface area contributed by atoms with Gasteiger partial charge in [0.25, 0.3) is 0 Å². The number of benzene rings is 2. The fraction of sp³-hybridized carbons (Fsp3) is 0.364. The average molecular weight is 377 g/mol. The Kier molecular flexibility index (Phi) is 6.53. The van der Waals surface area contributed by atoms with Gasteiger partial charge in [0.15, 0.2) is 0 Å². The van der Waals surface area contributed by atoms with Gasteiger partial charge in [-0.15, -0.1) is 10.2 Å². The largest absolute Gasteiger partial charge is 0.338 e. The van der Waals surface area contributed by atoms with Crippen LogP contribution in [0.5, 0.6) is 0 Å². The smallest absolute Gasteiger partial charge is 0.222 e. The van der Waals surface area contributed by atoms with Crippen molar-refractivity contribution in [3.05, 3.63) is 66.2 Å². The molecule has 28 heavy (non-hydrogen) atoms. The van der Waals surface area contributed by atoms with Crippen molar-refractivity contribution in [1.82, 2.24) is 25.1 Å². The molecule has 3 aromatic rings. The topological polar surface area (TPSA) is 63.9 Å². The van der Waals surface area contributed by atoms with Crippen molar-refractivity contribution in [1.29, 1.82) is 0 Å². The Hall–Kier alpha value is -3.02. The van der Waals surface area contributed by atoms with E-state index in [1.54, 1.807) is 4.80 Å². The highest BCUT2D eigenvalue weighted by Gasteiger charge is 2.24. The van der Waals surface area contributed by atoms with Crippen molar-refractivity contribution < 1.29 is 4.79 Å². The summed E-state index contributed by atoms with van der Waals surface area (Å²) in [4.78, 5) is 16.2. The van der Waals surface area contributed by atoms with Gasteiger partial charge in [-0.05, 0) is 23.1 Å². The Morgan fingerprint density at radius 2 is 1.68 bits per heavy atom. The van der Waals surface area contributed by atoms with E-state index in [1.807, 2.05) is 60.5 Å². The van der Waals surface area contributed by atoms with E-state index in [4.69, 9.17) is 0 Å². The number of tetrazole rings is 1. The summed E-state index contributed by atoms with van der Waals surface area (Å²) in [5, 5.41) is 12.6. The highest BCUT2D eigenvalue weighted by atomic mass is 16.2. The molecule has 0 aliphatic heterocycles. The van der Waals surface area contributed by atoms with Gasteiger partial charge >= 0.3 is 0 Å². The fourth-order valence-corrected chi connectivity index (χ4v) is 3.45. The number of aromatic nitrogens is 4. The summed E-state index contributed by atoms with van der Waals surface area (Å²) < 4.78 is 0. The van der Waals surface area contributed by atoms with Crippen molar-refractivity contribution >= 4 is 5.91 Å². The van der Waals surface area contributed by atoms with Gasteiger partial charge in [-0.25, -0.2) is 0 Å². The number of nitrogens with zero attached hydrogens (tertiary/aromatic N) is 5. The van der Waals surface area contributed by atoms with Crippen LogP contribution < -0.4 is 0 Å². The van der Waals surface area contributed by atoms with E-state index in [2.05, 4.69) is 41.4 Å². The minimum Gasteiger partial charge on any atom is -0.338 e. The number of rotatable bonds is 8. The van der Waals surface area contributed by atoms with Crippen molar-refractivity contribution in [2.45, 2.75) is 39.3 Å². The second kappa shape index (κ2) is 9.26. The van der Waals surface area contributed by atoms with Crippen LogP contribution in [0.3, 0.4) is 0 Å². The van der Waals surface area contributed by atoms with Crippen LogP contribution in [0.2, 0.25) is 0 Å². The average Bonchev–Trinajstić information content (AvgIpc) is 3.18. The van der Waals surface area contributed by atoms with E-state index < -0.39 is 0 Å². The lowest BCUT2D eigenvalue weighted by molar-refractivity contribution is -0.133. The van der Waals surface area contributed by atoms with Crippen LogP contribution in [-0.2, 0) is 11.3 Å². The third-order valence-electron chi connectivity index (χ3n) is 4.82. The summed E-state index contributed by atoms with van der Waals surface area (Å²) in [5.74, 6) is 1.07. The standard InChI is InChI=1S/C22H27N5O/c1-17(2)21(18-11-6-4-7-12-18)26(3)20(28)15-10-16-27-24-22(23-25-27)19-13-8-5-9-14-19/h4-9,11-14,17,21H,10,15-16H2,1-3H3.